The number of rotatable bonds is 6. The molecule has 1 amide bonds. The van der Waals surface area contributed by atoms with Crippen molar-refractivity contribution < 1.29 is 9.53 Å². The fourth-order valence-corrected chi connectivity index (χ4v) is 4.24. The van der Waals surface area contributed by atoms with Crippen LogP contribution in [-0.4, -0.2) is 32.6 Å². The van der Waals surface area contributed by atoms with Gasteiger partial charge < -0.3 is 9.64 Å². The van der Waals surface area contributed by atoms with Crippen molar-refractivity contribution in [2.24, 2.45) is 0 Å². The SMILES string of the molecule is CCOc1ccc(C2c3c(-c4ccc(C)cc4)n[nH]c3C(=O)N2Cc2cccnc2)cc1. The van der Waals surface area contributed by atoms with Gasteiger partial charge in [0.15, 0.2) is 0 Å². The van der Waals surface area contributed by atoms with E-state index >= 15 is 0 Å². The Hall–Kier alpha value is -3.93. The molecule has 1 unspecified atom stereocenters. The van der Waals surface area contributed by atoms with E-state index in [0.29, 0.717) is 18.8 Å². The highest BCUT2D eigenvalue weighted by molar-refractivity contribution is 6.00. The van der Waals surface area contributed by atoms with E-state index in [0.717, 1.165) is 33.7 Å². The molecule has 2 aromatic carbocycles. The lowest BCUT2D eigenvalue weighted by atomic mass is 9.95. The van der Waals surface area contributed by atoms with Crippen LogP contribution in [0.5, 0.6) is 5.75 Å². The highest BCUT2D eigenvalue weighted by Gasteiger charge is 2.42. The van der Waals surface area contributed by atoms with Crippen molar-refractivity contribution in [2.45, 2.75) is 26.4 Å². The normalized spacial score (nSPS) is 15.1. The molecule has 5 rings (SSSR count). The minimum Gasteiger partial charge on any atom is -0.494 e. The van der Waals surface area contributed by atoms with Gasteiger partial charge >= 0.3 is 0 Å². The zero-order valence-corrected chi connectivity index (χ0v) is 18.1. The Morgan fingerprint density at radius 1 is 1.06 bits per heavy atom. The predicted molar refractivity (Wildman–Crippen MR) is 122 cm³/mol. The Morgan fingerprint density at radius 2 is 1.84 bits per heavy atom. The van der Waals surface area contributed by atoms with Crippen LogP contribution >= 0.6 is 0 Å². The first kappa shape index (κ1) is 20.0. The fraction of sp³-hybridized carbons (Fsp3) is 0.192. The van der Waals surface area contributed by atoms with Crippen molar-refractivity contribution in [3.05, 3.63) is 101 Å². The topological polar surface area (TPSA) is 71.1 Å². The van der Waals surface area contributed by atoms with Gasteiger partial charge in [-0.3, -0.25) is 14.9 Å². The molecule has 0 aliphatic carbocycles. The molecule has 6 heteroatoms. The van der Waals surface area contributed by atoms with Crippen LogP contribution in [0.3, 0.4) is 0 Å². The number of benzene rings is 2. The molecule has 3 heterocycles. The molecular weight excluding hydrogens is 400 g/mol. The van der Waals surface area contributed by atoms with E-state index in [2.05, 4.69) is 46.4 Å². The Balaban J connectivity index is 1.61. The first-order valence-electron chi connectivity index (χ1n) is 10.7. The van der Waals surface area contributed by atoms with Gasteiger partial charge in [-0.25, -0.2) is 0 Å². The molecule has 2 aromatic heterocycles. The van der Waals surface area contributed by atoms with E-state index in [-0.39, 0.29) is 11.9 Å². The number of aromatic nitrogens is 3. The quantitative estimate of drug-likeness (QED) is 0.477. The Kier molecular flexibility index (Phi) is 5.19. The second kappa shape index (κ2) is 8.30. The van der Waals surface area contributed by atoms with E-state index in [9.17, 15) is 4.79 Å². The van der Waals surface area contributed by atoms with Crippen LogP contribution in [0.1, 0.15) is 45.7 Å². The van der Waals surface area contributed by atoms with Crippen molar-refractivity contribution in [1.82, 2.24) is 20.1 Å². The highest BCUT2D eigenvalue weighted by atomic mass is 16.5. The van der Waals surface area contributed by atoms with Gasteiger partial charge in [-0.1, -0.05) is 48.0 Å². The summed E-state index contributed by atoms with van der Waals surface area (Å²) in [6.45, 7) is 5.09. The molecule has 4 aromatic rings. The summed E-state index contributed by atoms with van der Waals surface area (Å²) in [7, 11) is 0. The zero-order valence-electron chi connectivity index (χ0n) is 18.1. The molecule has 0 fully saturated rings. The van der Waals surface area contributed by atoms with Crippen LogP contribution < -0.4 is 4.74 Å². The van der Waals surface area contributed by atoms with Crippen molar-refractivity contribution in [3.63, 3.8) is 0 Å². The zero-order chi connectivity index (χ0) is 22.1. The lowest BCUT2D eigenvalue weighted by molar-refractivity contribution is 0.0730. The largest absolute Gasteiger partial charge is 0.494 e. The maximum absolute atomic E-state index is 13.5. The Labute approximate surface area is 186 Å². The van der Waals surface area contributed by atoms with Crippen molar-refractivity contribution in [3.8, 4) is 17.0 Å². The summed E-state index contributed by atoms with van der Waals surface area (Å²) < 4.78 is 5.62. The minimum atomic E-state index is -0.261. The van der Waals surface area contributed by atoms with Gasteiger partial charge in [-0.15, -0.1) is 0 Å². The van der Waals surface area contributed by atoms with Gasteiger partial charge in [0.2, 0.25) is 0 Å². The number of fused-ring (bicyclic) bond motifs is 1. The summed E-state index contributed by atoms with van der Waals surface area (Å²) in [5.41, 5.74) is 6.42. The van der Waals surface area contributed by atoms with Gasteiger partial charge in [0.25, 0.3) is 5.91 Å². The van der Waals surface area contributed by atoms with Crippen LogP contribution in [0.15, 0.2) is 73.1 Å². The smallest absolute Gasteiger partial charge is 0.273 e. The average Bonchev–Trinajstić information content (AvgIpc) is 3.35. The molecule has 0 spiro atoms. The van der Waals surface area contributed by atoms with Gasteiger partial charge in [-0.2, -0.15) is 5.10 Å². The third-order valence-corrected chi connectivity index (χ3v) is 5.77. The number of nitrogens with one attached hydrogen (secondary N) is 1. The number of ether oxygens (including phenoxy) is 1. The summed E-state index contributed by atoms with van der Waals surface area (Å²) in [6.07, 6.45) is 3.54. The fourth-order valence-electron chi connectivity index (χ4n) is 4.24. The maximum Gasteiger partial charge on any atom is 0.273 e. The highest BCUT2D eigenvalue weighted by Crippen LogP contribution is 2.43. The van der Waals surface area contributed by atoms with E-state index in [4.69, 9.17) is 4.74 Å². The van der Waals surface area contributed by atoms with E-state index < -0.39 is 0 Å². The number of aromatic amines is 1. The van der Waals surface area contributed by atoms with E-state index in [1.165, 1.54) is 5.56 Å². The Bertz CT molecular complexity index is 1230. The number of carbonyl (C=O) groups is 1. The first-order valence-corrected chi connectivity index (χ1v) is 10.7. The van der Waals surface area contributed by atoms with Crippen molar-refractivity contribution >= 4 is 5.91 Å². The monoisotopic (exact) mass is 424 g/mol. The third kappa shape index (κ3) is 3.54. The first-order chi connectivity index (χ1) is 15.7. The molecular formula is C26H24N4O2. The molecule has 0 saturated carbocycles. The second-order valence-electron chi connectivity index (χ2n) is 7.93. The third-order valence-electron chi connectivity index (χ3n) is 5.77. The van der Waals surface area contributed by atoms with Crippen molar-refractivity contribution in [1.29, 1.82) is 0 Å². The summed E-state index contributed by atoms with van der Waals surface area (Å²) in [4.78, 5) is 19.6. The lowest BCUT2D eigenvalue weighted by Gasteiger charge is -2.26. The van der Waals surface area contributed by atoms with Gasteiger partial charge in [-0.05, 0) is 43.2 Å². The molecule has 160 valence electrons. The van der Waals surface area contributed by atoms with Crippen molar-refractivity contribution in [2.75, 3.05) is 6.61 Å². The number of H-pyrrole nitrogens is 1. The molecule has 1 atom stereocenters. The maximum atomic E-state index is 13.5. The molecule has 0 bridgehead atoms. The van der Waals surface area contributed by atoms with Crippen LogP contribution in [0.4, 0.5) is 0 Å². The number of carbonyl (C=O) groups excluding carboxylic acids is 1. The molecule has 0 saturated heterocycles. The Morgan fingerprint density at radius 3 is 2.53 bits per heavy atom. The molecule has 6 nitrogen and oxygen atoms in total. The minimum absolute atomic E-state index is 0.0615. The van der Waals surface area contributed by atoms with Gasteiger partial charge in [0, 0.05) is 30.1 Å². The van der Waals surface area contributed by atoms with E-state index in [1.807, 2.05) is 48.2 Å². The number of hydrogen-bond donors (Lipinski definition) is 1. The van der Waals surface area contributed by atoms with Crippen LogP contribution in [0.25, 0.3) is 11.3 Å². The summed E-state index contributed by atoms with van der Waals surface area (Å²) >= 11 is 0. The number of aryl methyl sites for hydroxylation is 1. The van der Waals surface area contributed by atoms with E-state index in [1.54, 1.807) is 12.4 Å². The molecule has 32 heavy (non-hydrogen) atoms. The summed E-state index contributed by atoms with van der Waals surface area (Å²) in [6, 6.07) is 19.8. The van der Waals surface area contributed by atoms with Gasteiger partial charge in [0.1, 0.15) is 11.4 Å². The standard InChI is InChI=1S/C26H24N4O2/c1-3-32-21-12-10-20(11-13-21)25-22-23(19-8-6-17(2)7-9-19)28-29-24(22)26(31)30(25)16-18-5-4-14-27-15-18/h4-15,25H,3,16H2,1-2H3,(H,28,29). The van der Waals surface area contributed by atoms with Crippen LogP contribution in [-0.2, 0) is 6.54 Å². The predicted octanol–water partition coefficient (Wildman–Crippen LogP) is 4.92. The molecule has 1 aliphatic rings. The molecule has 1 N–H and O–H groups in total. The summed E-state index contributed by atoms with van der Waals surface area (Å²) in [5.74, 6) is 0.749. The lowest BCUT2D eigenvalue weighted by Crippen LogP contribution is -2.29. The number of pyridine rings is 1. The molecule has 1 aliphatic heterocycles. The van der Waals surface area contributed by atoms with Crippen LogP contribution in [0.2, 0.25) is 0 Å². The second-order valence-corrected chi connectivity index (χ2v) is 7.93. The number of hydrogen-bond acceptors (Lipinski definition) is 4. The summed E-state index contributed by atoms with van der Waals surface area (Å²) in [5, 5.41) is 7.56. The average molecular weight is 425 g/mol. The number of nitrogens with zero attached hydrogens (tertiary/aromatic N) is 3. The molecule has 0 radical (unpaired) electrons. The number of amides is 1. The van der Waals surface area contributed by atoms with Crippen LogP contribution in [0, 0.1) is 6.92 Å². The van der Waals surface area contributed by atoms with Gasteiger partial charge in [0.05, 0.1) is 18.3 Å².